The Balaban J connectivity index is 1.73. The van der Waals surface area contributed by atoms with E-state index in [2.05, 4.69) is 0 Å². The van der Waals surface area contributed by atoms with Crippen LogP contribution in [0.4, 0.5) is 0 Å². The van der Waals surface area contributed by atoms with Crippen molar-refractivity contribution in [3.05, 3.63) is 65.2 Å². The van der Waals surface area contributed by atoms with E-state index in [9.17, 15) is 13.2 Å². The zero-order chi connectivity index (χ0) is 19.4. The number of hydrogen-bond donors (Lipinski definition) is 0. The van der Waals surface area contributed by atoms with E-state index in [0.717, 1.165) is 16.7 Å². The van der Waals surface area contributed by atoms with Crippen LogP contribution in [-0.4, -0.2) is 43.4 Å². The summed E-state index contributed by atoms with van der Waals surface area (Å²) in [5.74, 6) is 0.614. The first-order valence-corrected chi connectivity index (χ1v) is 10.9. The van der Waals surface area contributed by atoms with E-state index in [1.807, 2.05) is 62.4 Å². The monoisotopic (exact) mass is 387 g/mol. The summed E-state index contributed by atoms with van der Waals surface area (Å²) in [4.78, 5) is 14.6. The van der Waals surface area contributed by atoms with E-state index in [0.29, 0.717) is 18.7 Å². The molecule has 1 amide bonds. The molecule has 2 aromatic carbocycles. The second-order valence-electron chi connectivity index (χ2n) is 7.18. The summed E-state index contributed by atoms with van der Waals surface area (Å²) in [6, 6.07) is 15.1. The molecule has 0 spiro atoms. The predicted molar refractivity (Wildman–Crippen MR) is 105 cm³/mol. The molecule has 1 heterocycles. The van der Waals surface area contributed by atoms with Gasteiger partial charge in [-0.25, -0.2) is 8.42 Å². The minimum Gasteiger partial charge on any atom is -0.484 e. The minimum atomic E-state index is -3.08. The molecule has 2 aromatic rings. The van der Waals surface area contributed by atoms with Gasteiger partial charge in [0.05, 0.1) is 11.5 Å². The van der Waals surface area contributed by atoms with Gasteiger partial charge in [0.1, 0.15) is 5.75 Å². The maximum absolute atomic E-state index is 12.9. The third kappa shape index (κ3) is 5.32. The van der Waals surface area contributed by atoms with Crippen LogP contribution < -0.4 is 4.74 Å². The van der Waals surface area contributed by atoms with Crippen molar-refractivity contribution in [3.8, 4) is 5.75 Å². The van der Waals surface area contributed by atoms with Gasteiger partial charge in [0.25, 0.3) is 5.91 Å². The molecule has 0 bridgehead atoms. The molecule has 0 unspecified atom stereocenters. The molecule has 0 saturated carbocycles. The number of nitrogens with zero attached hydrogens (tertiary/aromatic N) is 1. The highest BCUT2D eigenvalue weighted by Crippen LogP contribution is 2.21. The second kappa shape index (κ2) is 8.13. The summed E-state index contributed by atoms with van der Waals surface area (Å²) in [7, 11) is -3.08. The summed E-state index contributed by atoms with van der Waals surface area (Å²) in [6.07, 6.45) is 0.477. The lowest BCUT2D eigenvalue weighted by Gasteiger charge is -2.28. The summed E-state index contributed by atoms with van der Waals surface area (Å²) >= 11 is 0. The van der Waals surface area contributed by atoms with E-state index in [-0.39, 0.29) is 30.1 Å². The van der Waals surface area contributed by atoms with Gasteiger partial charge in [-0.1, -0.05) is 36.4 Å². The van der Waals surface area contributed by atoms with Crippen LogP contribution in [0.5, 0.6) is 5.75 Å². The van der Waals surface area contributed by atoms with Gasteiger partial charge in [-0.15, -0.1) is 0 Å². The van der Waals surface area contributed by atoms with Crippen molar-refractivity contribution in [2.45, 2.75) is 32.9 Å². The van der Waals surface area contributed by atoms with E-state index in [4.69, 9.17) is 4.74 Å². The topological polar surface area (TPSA) is 63.7 Å². The van der Waals surface area contributed by atoms with Crippen LogP contribution in [0.1, 0.15) is 23.1 Å². The van der Waals surface area contributed by atoms with Gasteiger partial charge in [-0.2, -0.15) is 0 Å². The number of carbonyl (C=O) groups excluding carboxylic acids is 1. The normalized spacial score (nSPS) is 18.2. The number of sulfone groups is 1. The Morgan fingerprint density at radius 3 is 2.37 bits per heavy atom. The fraction of sp³-hybridized carbons (Fsp3) is 0.381. The van der Waals surface area contributed by atoms with Crippen LogP contribution in [0.25, 0.3) is 0 Å². The molecule has 27 heavy (non-hydrogen) atoms. The van der Waals surface area contributed by atoms with Crippen molar-refractivity contribution >= 4 is 15.7 Å². The molecule has 0 aliphatic carbocycles. The smallest absolute Gasteiger partial charge is 0.261 e. The van der Waals surface area contributed by atoms with Gasteiger partial charge in [-0.05, 0) is 49.1 Å². The highest BCUT2D eigenvalue weighted by atomic mass is 32.2. The van der Waals surface area contributed by atoms with Gasteiger partial charge in [0, 0.05) is 12.6 Å². The number of carbonyl (C=O) groups is 1. The van der Waals surface area contributed by atoms with Gasteiger partial charge in [-0.3, -0.25) is 4.79 Å². The van der Waals surface area contributed by atoms with Crippen LogP contribution in [0, 0.1) is 13.8 Å². The van der Waals surface area contributed by atoms with E-state index in [1.54, 1.807) is 4.90 Å². The molecule has 5 nitrogen and oxygen atoms in total. The Labute approximate surface area is 160 Å². The molecule has 1 fully saturated rings. The maximum Gasteiger partial charge on any atom is 0.261 e. The van der Waals surface area contributed by atoms with Crippen LogP contribution in [0.3, 0.4) is 0 Å². The molecule has 1 saturated heterocycles. The van der Waals surface area contributed by atoms with Crippen LogP contribution in [0.2, 0.25) is 0 Å². The largest absolute Gasteiger partial charge is 0.484 e. The Bertz CT molecular complexity index is 889. The lowest BCUT2D eigenvalue weighted by molar-refractivity contribution is -0.136. The first-order valence-electron chi connectivity index (χ1n) is 9.07. The van der Waals surface area contributed by atoms with Gasteiger partial charge in [0.2, 0.25) is 0 Å². The summed E-state index contributed by atoms with van der Waals surface area (Å²) < 4.78 is 29.5. The van der Waals surface area contributed by atoms with Gasteiger partial charge >= 0.3 is 0 Å². The molecular formula is C21H25NO4S. The van der Waals surface area contributed by atoms with Crippen molar-refractivity contribution < 1.29 is 17.9 Å². The van der Waals surface area contributed by atoms with Crippen molar-refractivity contribution in [1.82, 2.24) is 4.90 Å². The molecule has 0 aromatic heterocycles. The van der Waals surface area contributed by atoms with Gasteiger partial charge < -0.3 is 9.64 Å². The highest BCUT2D eigenvalue weighted by Gasteiger charge is 2.34. The molecular weight excluding hydrogens is 362 g/mol. The van der Waals surface area contributed by atoms with E-state index < -0.39 is 9.84 Å². The Hall–Kier alpha value is -2.34. The molecule has 0 radical (unpaired) electrons. The number of rotatable bonds is 6. The Kier molecular flexibility index (Phi) is 5.85. The zero-order valence-electron chi connectivity index (χ0n) is 15.7. The molecule has 1 aliphatic rings. The van der Waals surface area contributed by atoms with Crippen molar-refractivity contribution in [3.63, 3.8) is 0 Å². The summed E-state index contributed by atoms with van der Waals surface area (Å²) in [5.41, 5.74) is 3.11. The lowest BCUT2D eigenvalue weighted by atomic mass is 10.1. The van der Waals surface area contributed by atoms with Crippen LogP contribution in [-0.2, 0) is 21.2 Å². The van der Waals surface area contributed by atoms with E-state index >= 15 is 0 Å². The average molecular weight is 388 g/mol. The van der Waals surface area contributed by atoms with Crippen molar-refractivity contribution in [1.29, 1.82) is 0 Å². The zero-order valence-corrected chi connectivity index (χ0v) is 16.5. The fourth-order valence-electron chi connectivity index (χ4n) is 3.47. The number of amides is 1. The maximum atomic E-state index is 12.9. The standard InChI is InChI=1S/C21H25NO4S/c1-16-10-17(2)12-20(11-16)26-14-21(23)22(13-18-6-4-3-5-7-18)19-8-9-27(24,25)15-19/h3-7,10-12,19H,8-9,13-15H2,1-2H3/t19-/m0/s1. The Morgan fingerprint density at radius 1 is 1.11 bits per heavy atom. The highest BCUT2D eigenvalue weighted by molar-refractivity contribution is 7.91. The molecule has 3 rings (SSSR count). The molecule has 0 N–H and O–H groups in total. The second-order valence-corrected chi connectivity index (χ2v) is 9.40. The number of hydrogen-bond acceptors (Lipinski definition) is 4. The van der Waals surface area contributed by atoms with Crippen LogP contribution in [0.15, 0.2) is 48.5 Å². The number of ether oxygens (including phenoxy) is 1. The molecule has 1 atom stereocenters. The summed E-state index contributed by atoms with van der Waals surface area (Å²) in [6.45, 7) is 4.24. The van der Waals surface area contributed by atoms with Gasteiger partial charge in [0.15, 0.2) is 16.4 Å². The van der Waals surface area contributed by atoms with Crippen molar-refractivity contribution in [2.24, 2.45) is 0 Å². The first kappa shape index (κ1) is 19.4. The average Bonchev–Trinajstić information content (AvgIpc) is 2.97. The molecule has 1 aliphatic heterocycles. The molecule has 6 heteroatoms. The van der Waals surface area contributed by atoms with Crippen LogP contribution >= 0.6 is 0 Å². The molecule has 144 valence electrons. The quantitative estimate of drug-likeness (QED) is 0.765. The fourth-order valence-corrected chi connectivity index (χ4v) is 5.20. The lowest BCUT2D eigenvalue weighted by Crippen LogP contribution is -2.43. The SMILES string of the molecule is Cc1cc(C)cc(OCC(=O)N(Cc2ccccc2)[C@H]2CCS(=O)(=O)C2)c1. The number of aryl methyl sites for hydroxylation is 2. The van der Waals surface area contributed by atoms with E-state index in [1.165, 1.54) is 0 Å². The van der Waals surface area contributed by atoms with Crippen molar-refractivity contribution in [2.75, 3.05) is 18.1 Å². The number of benzene rings is 2. The first-order chi connectivity index (χ1) is 12.8. The predicted octanol–water partition coefficient (Wildman–Crippen LogP) is 2.90. The summed E-state index contributed by atoms with van der Waals surface area (Å²) in [5, 5.41) is 0. The minimum absolute atomic E-state index is 0.0229. The third-order valence-corrected chi connectivity index (χ3v) is 6.47. The Morgan fingerprint density at radius 2 is 1.78 bits per heavy atom. The third-order valence-electron chi connectivity index (χ3n) is 4.72.